The number of carbonyl (C=O) groups excluding carboxylic acids is 1. The van der Waals surface area contributed by atoms with E-state index >= 15 is 0 Å². The van der Waals surface area contributed by atoms with Crippen molar-refractivity contribution >= 4 is 46.3 Å². The van der Waals surface area contributed by atoms with E-state index in [9.17, 15) is 4.79 Å². The van der Waals surface area contributed by atoms with Gasteiger partial charge in [-0.3, -0.25) is 4.79 Å². The molecule has 6 nitrogen and oxygen atoms in total. The molecule has 1 aromatic heterocycles. The number of nitrogens with one attached hydrogen (secondary N) is 2. The standard InChI is InChI=1S/C18H11Cl2N5O/c19-13-5-2-6-14(17(13)20)25-18(26)15-8-16(23-10-22-15)24-12-4-1-3-11(7-12)9-21/h1-8,10H,(H,25,26)(H,22,23,24). The predicted molar refractivity (Wildman–Crippen MR) is 101 cm³/mol. The van der Waals surface area contributed by atoms with Crippen LogP contribution in [0.2, 0.25) is 10.0 Å². The summed E-state index contributed by atoms with van der Waals surface area (Å²) >= 11 is 12.0. The first-order valence-corrected chi connectivity index (χ1v) is 8.17. The van der Waals surface area contributed by atoms with Gasteiger partial charge in [0.25, 0.3) is 5.91 Å². The maximum atomic E-state index is 12.4. The van der Waals surface area contributed by atoms with Gasteiger partial charge in [0, 0.05) is 11.8 Å². The number of rotatable bonds is 4. The molecule has 128 valence electrons. The summed E-state index contributed by atoms with van der Waals surface area (Å²) in [5.41, 5.74) is 1.72. The zero-order chi connectivity index (χ0) is 18.5. The smallest absolute Gasteiger partial charge is 0.274 e. The van der Waals surface area contributed by atoms with Crippen LogP contribution in [0.15, 0.2) is 54.9 Å². The summed E-state index contributed by atoms with van der Waals surface area (Å²) in [6.07, 6.45) is 1.27. The Labute approximate surface area is 159 Å². The molecule has 0 saturated heterocycles. The quantitative estimate of drug-likeness (QED) is 0.683. The van der Waals surface area contributed by atoms with Crippen molar-refractivity contribution in [3.63, 3.8) is 0 Å². The lowest BCUT2D eigenvalue weighted by atomic mass is 10.2. The molecule has 2 N–H and O–H groups in total. The SMILES string of the molecule is N#Cc1cccc(Nc2cc(C(=O)Nc3cccc(Cl)c3Cl)ncn2)c1. The van der Waals surface area contributed by atoms with E-state index in [1.54, 1.807) is 42.5 Å². The van der Waals surface area contributed by atoms with E-state index in [0.717, 1.165) is 0 Å². The van der Waals surface area contributed by atoms with Crippen LogP contribution in [0.25, 0.3) is 0 Å². The normalized spacial score (nSPS) is 10.0. The van der Waals surface area contributed by atoms with Crippen LogP contribution in [0.1, 0.15) is 16.1 Å². The molecule has 0 bridgehead atoms. The molecule has 0 fully saturated rings. The third-order valence-corrected chi connectivity index (χ3v) is 4.18. The highest BCUT2D eigenvalue weighted by molar-refractivity contribution is 6.44. The first-order chi connectivity index (χ1) is 12.6. The van der Waals surface area contributed by atoms with Crippen molar-refractivity contribution in [2.75, 3.05) is 10.6 Å². The Morgan fingerprint density at radius 2 is 1.88 bits per heavy atom. The van der Waals surface area contributed by atoms with Gasteiger partial charge in [-0.15, -0.1) is 0 Å². The Balaban J connectivity index is 1.79. The van der Waals surface area contributed by atoms with Gasteiger partial charge in [-0.1, -0.05) is 35.3 Å². The maximum absolute atomic E-state index is 12.4. The van der Waals surface area contributed by atoms with Gasteiger partial charge in [-0.2, -0.15) is 5.26 Å². The Hall–Kier alpha value is -3.14. The van der Waals surface area contributed by atoms with Crippen LogP contribution in [-0.2, 0) is 0 Å². The minimum atomic E-state index is -0.453. The van der Waals surface area contributed by atoms with Gasteiger partial charge in [-0.25, -0.2) is 9.97 Å². The molecule has 1 heterocycles. The van der Waals surface area contributed by atoms with Crippen LogP contribution in [0.5, 0.6) is 0 Å². The minimum Gasteiger partial charge on any atom is -0.340 e. The van der Waals surface area contributed by atoms with Crippen molar-refractivity contribution in [1.29, 1.82) is 5.26 Å². The van der Waals surface area contributed by atoms with Crippen LogP contribution in [0.4, 0.5) is 17.2 Å². The Kier molecular flexibility index (Phi) is 5.32. The summed E-state index contributed by atoms with van der Waals surface area (Å²) in [7, 11) is 0. The lowest BCUT2D eigenvalue weighted by Crippen LogP contribution is -2.14. The number of hydrogen-bond acceptors (Lipinski definition) is 5. The number of hydrogen-bond donors (Lipinski definition) is 2. The van der Waals surface area contributed by atoms with Crippen LogP contribution in [0.3, 0.4) is 0 Å². The summed E-state index contributed by atoms with van der Waals surface area (Å²) in [6.45, 7) is 0. The summed E-state index contributed by atoms with van der Waals surface area (Å²) in [4.78, 5) is 20.5. The van der Waals surface area contributed by atoms with E-state index in [2.05, 4.69) is 26.7 Å². The van der Waals surface area contributed by atoms with E-state index in [0.29, 0.717) is 27.8 Å². The number of nitrogens with zero attached hydrogens (tertiary/aromatic N) is 3. The Bertz CT molecular complexity index is 1020. The summed E-state index contributed by atoms with van der Waals surface area (Å²) in [6, 6.07) is 15.4. The molecule has 0 atom stereocenters. The molecule has 2 aromatic carbocycles. The third-order valence-electron chi connectivity index (χ3n) is 3.36. The molecule has 0 aliphatic heterocycles. The highest BCUT2D eigenvalue weighted by atomic mass is 35.5. The van der Waals surface area contributed by atoms with E-state index in [4.69, 9.17) is 28.5 Å². The molecule has 26 heavy (non-hydrogen) atoms. The van der Waals surface area contributed by atoms with Gasteiger partial charge in [0.15, 0.2) is 0 Å². The third kappa shape index (κ3) is 4.09. The number of anilines is 3. The largest absolute Gasteiger partial charge is 0.340 e. The predicted octanol–water partition coefficient (Wildman–Crippen LogP) is 4.65. The van der Waals surface area contributed by atoms with Crippen LogP contribution < -0.4 is 10.6 Å². The zero-order valence-electron chi connectivity index (χ0n) is 13.2. The minimum absolute atomic E-state index is 0.148. The fourth-order valence-electron chi connectivity index (χ4n) is 2.15. The lowest BCUT2D eigenvalue weighted by molar-refractivity contribution is 0.102. The second kappa shape index (κ2) is 7.83. The van der Waals surface area contributed by atoms with E-state index in [-0.39, 0.29) is 10.7 Å². The molecular weight excluding hydrogens is 373 g/mol. The molecule has 3 aromatic rings. The highest BCUT2D eigenvalue weighted by Gasteiger charge is 2.12. The average molecular weight is 384 g/mol. The molecule has 0 saturated carbocycles. The van der Waals surface area contributed by atoms with Crippen molar-refractivity contribution in [2.24, 2.45) is 0 Å². The Morgan fingerprint density at radius 3 is 2.69 bits per heavy atom. The molecule has 0 aliphatic carbocycles. The van der Waals surface area contributed by atoms with Crippen LogP contribution in [0, 0.1) is 11.3 Å². The molecule has 8 heteroatoms. The van der Waals surface area contributed by atoms with Gasteiger partial charge >= 0.3 is 0 Å². The number of aromatic nitrogens is 2. The fraction of sp³-hybridized carbons (Fsp3) is 0. The first kappa shape index (κ1) is 17.7. The molecule has 0 aliphatic rings. The molecule has 1 amide bonds. The molecule has 0 unspecified atom stereocenters. The monoisotopic (exact) mass is 383 g/mol. The van der Waals surface area contributed by atoms with Gasteiger partial charge in [0.1, 0.15) is 17.8 Å². The number of halogens is 2. The topological polar surface area (TPSA) is 90.7 Å². The van der Waals surface area contributed by atoms with Crippen LogP contribution in [-0.4, -0.2) is 15.9 Å². The Morgan fingerprint density at radius 1 is 1.08 bits per heavy atom. The zero-order valence-corrected chi connectivity index (χ0v) is 14.7. The summed E-state index contributed by atoms with van der Waals surface area (Å²) in [5.74, 6) is -0.0391. The lowest BCUT2D eigenvalue weighted by Gasteiger charge is -2.09. The van der Waals surface area contributed by atoms with E-state index < -0.39 is 5.91 Å². The summed E-state index contributed by atoms with van der Waals surface area (Å²) < 4.78 is 0. The van der Waals surface area contributed by atoms with Crippen molar-refractivity contribution < 1.29 is 4.79 Å². The van der Waals surface area contributed by atoms with Gasteiger partial charge in [0.05, 0.1) is 27.4 Å². The van der Waals surface area contributed by atoms with Crippen molar-refractivity contribution in [2.45, 2.75) is 0 Å². The molecular formula is C18H11Cl2N5O. The first-order valence-electron chi connectivity index (χ1n) is 7.41. The van der Waals surface area contributed by atoms with E-state index in [1.807, 2.05) is 0 Å². The molecule has 3 rings (SSSR count). The van der Waals surface area contributed by atoms with E-state index in [1.165, 1.54) is 12.4 Å². The summed E-state index contributed by atoms with van der Waals surface area (Å²) in [5, 5.41) is 15.2. The number of carbonyl (C=O) groups is 1. The van der Waals surface area contributed by atoms with Gasteiger partial charge in [0.2, 0.25) is 0 Å². The van der Waals surface area contributed by atoms with Crippen molar-refractivity contribution in [1.82, 2.24) is 9.97 Å². The van der Waals surface area contributed by atoms with Gasteiger partial charge < -0.3 is 10.6 Å². The second-order valence-electron chi connectivity index (χ2n) is 5.16. The number of benzene rings is 2. The maximum Gasteiger partial charge on any atom is 0.274 e. The molecule has 0 radical (unpaired) electrons. The molecule has 0 spiro atoms. The van der Waals surface area contributed by atoms with Crippen molar-refractivity contribution in [3.8, 4) is 6.07 Å². The van der Waals surface area contributed by atoms with Crippen LogP contribution >= 0.6 is 23.2 Å². The second-order valence-corrected chi connectivity index (χ2v) is 5.95. The number of nitriles is 1. The number of amides is 1. The fourth-order valence-corrected chi connectivity index (χ4v) is 2.50. The average Bonchev–Trinajstić information content (AvgIpc) is 2.66. The van der Waals surface area contributed by atoms with Gasteiger partial charge in [-0.05, 0) is 30.3 Å². The highest BCUT2D eigenvalue weighted by Crippen LogP contribution is 2.29. The van der Waals surface area contributed by atoms with Crippen molar-refractivity contribution in [3.05, 3.63) is 76.2 Å².